The first-order valence-corrected chi connectivity index (χ1v) is 14.3. The molecule has 4 nitrogen and oxygen atoms in total. The van der Waals surface area contributed by atoms with E-state index in [-0.39, 0.29) is 30.4 Å². The second-order valence-electron chi connectivity index (χ2n) is 10.4. The smallest absolute Gasteiger partial charge is 0.261 e. The summed E-state index contributed by atoms with van der Waals surface area (Å²) in [4.78, 5) is 20.2. The van der Waals surface area contributed by atoms with E-state index >= 15 is 0 Å². The van der Waals surface area contributed by atoms with Crippen molar-refractivity contribution >= 4 is 35.7 Å². The van der Waals surface area contributed by atoms with Crippen molar-refractivity contribution in [1.82, 2.24) is 14.5 Å². The number of hydrogen-bond acceptors (Lipinski definition) is 3. The molecule has 0 spiro atoms. The molecule has 0 unspecified atom stereocenters. The summed E-state index contributed by atoms with van der Waals surface area (Å²) in [6.45, 7) is 4.02. The van der Waals surface area contributed by atoms with Crippen LogP contribution in [0.25, 0.3) is 10.9 Å². The van der Waals surface area contributed by atoms with Gasteiger partial charge in [-0.15, -0.1) is 24.8 Å². The zero-order chi connectivity index (χ0) is 24.4. The van der Waals surface area contributed by atoms with Gasteiger partial charge in [-0.3, -0.25) is 9.36 Å². The number of rotatable bonds is 20. The van der Waals surface area contributed by atoms with Crippen LogP contribution >= 0.6 is 24.8 Å². The van der Waals surface area contributed by atoms with Gasteiger partial charge in [-0.1, -0.05) is 109 Å². The molecule has 2 aromatic rings. The minimum atomic E-state index is 0. The number of aryl methyl sites for hydroxylation is 1. The number of unbranched alkanes of at least 4 members (excludes halogenated alkanes) is 14. The molecule has 0 atom stereocenters. The van der Waals surface area contributed by atoms with Crippen molar-refractivity contribution in [2.45, 2.75) is 123 Å². The molecule has 0 bridgehead atoms. The van der Waals surface area contributed by atoms with E-state index in [1.165, 1.54) is 89.9 Å². The number of para-hydroxylation sites is 1. The van der Waals surface area contributed by atoms with Gasteiger partial charge in [0, 0.05) is 13.0 Å². The molecule has 6 heteroatoms. The lowest BCUT2D eigenvalue weighted by Crippen LogP contribution is -2.27. The average molecular weight is 543 g/mol. The zero-order valence-corrected chi connectivity index (χ0v) is 24.9. The van der Waals surface area contributed by atoms with Crippen molar-refractivity contribution in [1.29, 1.82) is 0 Å². The molecule has 1 aromatic carbocycles. The summed E-state index contributed by atoms with van der Waals surface area (Å²) < 4.78 is 1.94. The van der Waals surface area contributed by atoms with Gasteiger partial charge in [0.2, 0.25) is 0 Å². The molecule has 0 aliphatic rings. The van der Waals surface area contributed by atoms with Crippen molar-refractivity contribution in [3.63, 3.8) is 0 Å². The van der Waals surface area contributed by atoms with E-state index in [2.05, 4.69) is 25.9 Å². The van der Waals surface area contributed by atoms with Crippen molar-refractivity contribution < 1.29 is 0 Å². The first-order valence-electron chi connectivity index (χ1n) is 14.3. The lowest BCUT2D eigenvalue weighted by atomic mass is 10.0. The van der Waals surface area contributed by atoms with E-state index in [0.717, 1.165) is 49.1 Å². The first-order chi connectivity index (χ1) is 16.6. The highest BCUT2D eigenvalue weighted by Gasteiger charge is 2.10. The Labute approximate surface area is 233 Å². The van der Waals surface area contributed by atoms with Crippen LogP contribution in [0.15, 0.2) is 29.1 Å². The third kappa shape index (κ3) is 14.0. The molecule has 0 N–H and O–H groups in total. The Morgan fingerprint density at radius 2 is 1.22 bits per heavy atom. The minimum Gasteiger partial charge on any atom is -0.309 e. The first kappa shape index (κ1) is 34.9. The van der Waals surface area contributed by atoms with Gasteiger partial charge in [-0.05, 0) is 45.6 Å². The Kier molecular flexibility index (Phi) is 21.3. The number of nitrogens with zero attached hydrogens (tertiary/aromatic N) is 3. The van der Waals surface area contributed by atoms with Gasteiger partial charge in [-0.2, -0.15) is 0 Å². The third-order valence-electron chi connectivity index (χ3n) is 6.93. The van der Waals surface area contributed by atoms with Crippen molar-refractivity contribution in [3.05, 3.63) is 40.4 Å². The molecule has 0 aliphatic heterocycles. The van der Waals surface area contributed by atoms with Gasteiger partial charge < -0.3 is 4.90 Å². The number of halogens is 2. The molecule has 0 saturated carbocycles. The van der Waals surface area contributed by atoms with Crippen LogP contribution in [0.1, 0.15) is 115 Å². The minimum absolute atomic E-state index is 0. The molecule has 1 aromatic heterocycles. The van der Waals surface area contributed by atoms with Crippen molar-refractivity contribution in [2.24, 2.45) is 0 Å². The molecule has 36 heavy (non-hydrogen) atoms. The summed E-state index contributed by atoms with van der Waals surface area (Å²) >= 11 is 0. The van der Waals surface area contributed by atoms with Crippen LogP contribution in [0, 0.1) is 0 Å². The quantitative estimate of drug-likeness (QED) is 0.157. The fraction of sp³-hybridized carbons (Fsp3) is 0.733. The van der Waals surface area contributed by atoms with Crippen LogP contribution in [-0.2, 0) is 13.0 Å². The van der Waals surface area contributed by atoms with Gasteiger partial charge in [0.1, 0.15) is 5.82 Å². The number of benzene rings is 1. The lowest BCUT2D eigenvalue weighted by molar-refractivity contribution is 0.382. The highest BCUT2D eigenvalue weighted by Crippen LogP contribution is 2.15. The van der Waals surface area contributed by atoms with Crippen molar-refractivity contribution in [2.75, 3.05) is 20.6 Å². The van der Waals surface area contributed by atoms with E-state index in [1.807, 2.05) is 28.8 Å². The van der Waals surface area contributed by atoms with Crippen LogP contribution in [0.4, 0.5) is 0 Å². The molecular formula is C30H53Cl2N3O. The van der Waals surface area contributed by atoms with E-state index in [9.17, 15) is 4.79 Å². The lowest BCUT2D eigenvalue weighted by Gasteiger charge is -2.15. The zero-order valence-electron chi connectivity index (χ0n) is 23.3. The van der Waals surface area contributed by atoms with Crippen LogP contribution in [0.5, 0.6) is 0 Å². The SMILES string of the molecule is CCCCCCCCCCCCCCCCCc1nc2ccccc2c(=O)n1CCCN(C)C.Cl.Cl. The highest BCUT2D eigenvalue weighted by molar-refractivity contribution is 5.85. The summed E-state index contributed by atoms with van der Waals surface area (Å²) in [7, 11) is 4.16. The van der Waals surface area contributed by atoms with Gasteiger partial charge in [0.05, 0.1) is 10.9 Å². The maximum atomic E-state index is 13.1. The molecule has 1 heterocycles. The summed E-state index contributed by atoms with van der Waals surface area (Å²) in [5.41, 5.74) is 0.965. The molecule has 0 saturated heterocycles. The fourth-order valence-corrected chi connectivity index (χ4v) is 4.83. The number of hydrogen-bond donors (Lipinski definition) is 0. The van der Waals surface area contributed by atoms with Crippen LogP contribution in [-0.4, -0.2) is 35.1 Å². The second-order valence-corrected chi connectivity index (χ2v) is 10.4. The highest BCUT2D eigenvalue weighted by atomic mass is 35.5. The molecule has 2 rings (SSSR count). The average Bonchev–Trinajstić information content (AvgIpc) is 2.83. The van der Waals surface area contributed by atoms with E-state index < -0.39 is 0 Å². The number of aromatic nitrogens is 2. The summed E-state index contributed by atoms with van der Waals surface area (Å²) in [5.74, 6) is 0.970. The second kappa shape index (κ2) is 21.9. The Bertz CT molecular complexity index is 854. The predicted octanol–water partition coefficient (Wildman–Crippen LogP) is 8.61. The molecule has 0 radical (unpaired) electrons. The standard InChI is InChI=1S/C30H51N3O.2ClH/c1-4-5-6-7-8-9-10-11-12-13-14-15-16-17-18-24-29-31-28-23-20-19-22-27(28)30(34)33(29)26-21-25-32(2)3;;/h19-20,22-23H,4-18,21,24-26H2,1-3H3;2*1H. The molecule has 0 aliphatic carbocycles. The van der Waals surface area contributed by atoms with E-state index in [4.69, 9.17) is 4.98 Å². The Hall–Kier alpha value is -1.10. The van der Waals surface area contributed by atoms with E-state index in [0.29, 0.717) is 0 Å². The normalized spacial score (nSPS) is 11.0. The summed E-state index contributed by atoms with van der Waals surface area (Å²) in [6.07, 6.45) is 22.4. The fourth-order valence-electron chi connectivity index (χ4n) is 4.83. The van der Waals surface area contributed by atoms with Crippen LogP contribution in [0.3, 0.4) is 0 Å². The molecule has 0 fully saturated rings. The monoisotopic (exact) mass is 541 g/mol. The predicted molar refractivity (Wildman–Crippen MR) is 162 cm³/mol. The maximum absolute atomic E-state index is 13.1. The van der Waals surface area contributed by atoms with Crippen LogP contribution in [0.2, 0.25) is 0 Å². The van der Waals surface area contributed by atoms with E-state index in [1.54, 1.807) is 0 Å². The topological polar surface area (TPSA) is 38.1 Å². The Balaban J connectivity index is 0.00000612. The maximum Gasteiger partial charge on any atom is 0.261 e. The van der Waals surface area contributed by atoms with Crippen molar-refractivity contribution in [3.8, 4) is 0 Å². The summed E-state index contributed by atoms with van der Waals surface area (Å²) in [5, 5.41) is 0.743. The third-order valence-corrected chi connectivity index (χ3v) is 6.93. The molecule has 0 amide bonds. The molecule has 208 valence electrons. The Morgan fingerprint density at radius 1 is 0.722 bits per heavy atom. The molecular weight excluding hydrogens is 489 g/mol. The van der Waals surface area contributed by atoms with Gasteiger partial charge >= 0.3 is 0 Å². The largest absolute Gasteiger partial charge is 0.309 e. The van der Waals surface area contributed by atoms with Crippen LogP contribution < -0.4 is 5.56 Å². The number of fused-ring (bicyclic) bond motifs is 1. The van der Waals surface area contributed by atoms with Gasteiger partial charge in [0.25, 0.3) is 5.56 Å². The van der Waals surface area contributed by atoms with Gasteiger partial charge in [0.15, 0.2) is 0 Å². The summed E-state index contributed by atoms with van der Waals surface area (Å²) in [6, 6.07) is 7.79. The Morgan fingerprint density at radius 3 is 1.75 bits per heavy atom. The van der Waals surface area contributed by atoms with Gasteiger partial charge in [-0.25, -0.2) is 4.98 Å².